The van der Waals surface area contributed by atoms with Crippen LogP contribution in [0.5, 0.6) is 0 Å². The van der Waals surface area contributed by atoms with Gasteiger partial charge in [-0.05, 0) is 31.5 Å². The minimum absolute atomic E-state index is 0.374. The van der Waals surface area contributed by atoms with Crippen molar-refractivity contribution in [3.05, 3.63) is 35.5 Å². The Labute approximate surface area is 111 Å². The Kier molecular flexibility index (Phi) is 4.15. The van der Waals surface area contributed by atoms with Gasteiger partial charge in [0, 0.05) is 30.4 Å². The van der Waals surface area contributed by atoms with Crippen LogP contribution >= 0.6 is 11.3 Å². The molecule has 0 atom stereocenters. The highest BCUT2D eigenvalue weighted by molar-refractivity contribution is 7.91. The van der Waals surface area contributed by atoms with Crippen LogP contribution < -0.4 is 4.72 Å². The highest BCUT2D eigenvalue weighted by Crippen LogP contribution is 2.20. The molecule has 0 aliphatic carbocycles. The molecule has 0 fully saturated rings. The predicted molar refractivity (Wildman–Crippen MR) is 71.1 cm³/mol. The van der Waals surface area contributed by atoms with E-state index in [-0.39, 0.29) is 0 Å². The van der Waals surface area contributed by atoms with Gasteiger partial charge in [0.05, 0.1) is 0 Å². The molecule has 0 spiro atoms. The fraction of sp³-hybridized carbons (Fsp3) is 0.364. The van der Waals surface area contributed by atoms with Crippen molar-refractivity contribution >= 4 is 21.4 Å². The number of rotatable bonds is 6. The fourth-order valence-corrected chi connectivity index (χ4v) is 3.91. The van der Waals surface area contributed by atoms with Crippen molar-refractivity contribution in [3.8, 4) is 0 Å². The molecule has 2 aromatic heterocycles. The van der Waals surface area contributed by atoms with Gasteiger partial charge in [0.1, 0.15) is 4.21 Å². The van der Waals surface area contributed by atoms with Crippen LogP contribution in [-0.2, 0) is 16.6 Å². The minimum atomic E-state index is -3.34. The van der Waals surface area contributed by atoms with E-state index in [2.05, 4.69) is 9.82 Å². The van der Waals surface area contributed by atoms with Crippen molar-refractivity contribution in [3.63, 3.8) is 0 Å². The SMILES string of the molecule is Cc1ccc(S(=O)(=O)NCCCn2cccn2)s1. The molecule has 98 valence electrons. The number of aryl methyl sites for hydroxylation is 2. The van der Waals surface area contributed by atoms with Gasteiger partial charge in [0.15, 0.2) is 0 Å². The summed E-state index contributed by atoms with van der Waals surface area (Å²) in [7, 11) is -3.34. The summed E-state index contributed by atoms with van der Waals surface area (Å²) in [6.07, 6.45) is 4.28. The molecule has 0 aromatic carbocycles. The molecule has 0 aliphatic rings. The first kappa shape index (κ1) is 13.3. The van der Waals surface area contributed by atoms with Crippen LogP contribution in [0.1, 0.15) is 11.3 Å². The third-order valence-electron chi connectivity index (χ3n) is 2.40. The van der Waals surface area contributed by atoms with E-state index in [1.807, 2.05) is 25.3 Å². The number of aromatic nitrogens is 2. The molecule has 1 N–H and O–H groups in total. The van der Waals surface area contributed by atoms with Gasteiger partial charge in [-0.3, -0.25) is 4.68 Å². The van der Waals surface area contributed by atoms with Crippen LogP contribution in [-0.4, -0.2) is 24.7 Å². The smallest absolute Gasteiger partial charge is 0.250 e. The molecule has 0 radical (unpaired) electrons. The third-order valence-corrected chi connectivity index (χ3v) is 5.35. The van der Waals surface area contributed by atoms with E-state index < -0.39 is 10.0 Å². The maximum Gasteiger partial charge on any atom is 0.250 e. The van der Waals surface area contributed by atoms with Gasteiger partial charge >= 0.3 is 0 Å². The van der Waals surface area contributed by atoms with Crippen molar-refractivity contribution in [1.82, 2.24) is 14.5 Å². The summed E-state index contributed by atoms with van der Waals surface area (Å²) in [6.45, 7) is 3.01. The molecule has 0 saturated heterocycles. The summed E-state index contributed by atoms with van der Waals surface area (Å²) in [5.41, 5.74) is 0. The molecule has 0 unspecified atom stereocenters. The number of hydrogen-bond acceptors (Lipinski definition) is 4. The number of sulfonamides is 1. The van der Waals surface area contributed by atoms with E-state index in [1.54, 1.807) is 16.9 Å². The summed E-state index contributed by atoms with van der Waals surface area (Å²) in [6, 6.07) is 5.29. The lowest BCUT2D eigenvalue weighted by atomic mass is 10.4. The average molecular weight is 285 g/mol. The van der Waals surface area contributed by atoms with Crippen molar-refractivity contribution in [1.29, 1.82) is 0 Å². The highest BCUT2D eigenvalue weighted by atomic mass is 32.2. The first-order chi connectivity index (χ1) is 8.58. The third kappa shape index (κ3) is 3.41. The second kappa shape index (κ2) is 5.64. The summed E-state index contributed by atoms with van der Waals surface area (Å²) < 4.78 is 28.5. The normalized spacial score (nSPS) is 11.8. The first-order valence-electron chi connectivity index (χ1n) is 5.61. The van der Waals surface area contributed by atoms with E-state index >= 15 is 0 Å². The van der Waals surface area contributed by atoms with Gasteiger partial charge in [-0.2, -0.15) is 5.10 Å². The Balaban J connectivity index is 1.82. The Morgan fingerprint density at radius 1 is 1.44 bits per heavy atom. The van der Waals surface area contributed by atoms with Crippen LogP contribution in [0.3, 0.4) is 0 Å². The highest BCUT2D eigenvalue weighted by Gasteiger charge is 2.14. The Hall–Kier alpha value is -1.18. The van der Waals surface area contributed by atoms with Gasteiger partial charge in [0.25, 0.3) is 0 Å². The molecule has 0 aliphatic heterocycles. The van der Waals surface area contributed by atoms with E-state index in [1.165, 1.54) is 11.3 Å². The van der Waals surface area contributed by atoms with Crippen LogP contribution in [0.25, 0.3) is 0 Å². The summed E-state index contributed by atoms with van der Waals surface area (Å²) in [5.74, 6) is 0. The number of hydrogen-bond donors (Lipinski definition) is 1. The predicted octanol–water partition coefficient (Wildman–Crippen LogP) is 1.62. The summed E-state index contributed by atoms with van der Waals surface area (Å²) in [5, 5.41) is 4.05. The second-order valence-electron chi connectivity index (χ2n) is 3.89. The number of nitrogens with zero attached hydrogens (tertiary/aromatic N) is 2. The molecule has 0 saturated carbocycles. The maximum atomic E-state index is 11.9. The van der Waals surface area contributed by atoms with E-state index in [0.29, 0.717) is 23.7 Å². The Bertz CT molecular complexity index is 588. The standard InChI is InChI=1S/C11H15N3O2S2/c1-10-4-5-11(17-10)18(15,16)13-7-3-9-14-8-2-6-12-14/h2,4-6,8,13H,3,7,9H2,1H3. The van der Waals surface area contributed by atoms with Gasteiger partial charge in [-0.1, -0.05) is 0 Å². The molecular weight excluding hydrogens is 270 g/mol. The summed E-state index contributed by atoms with van der Waals surface area (Å²) in [4.78, 5) is 0.993. The fourth-order valence-electron chi connectivity index (χ4n) is 1.51. The zero-order valence-electron chi connectivity index (χ0n) is 10.0. The van der Waals surface area contributed by atoms with Crippen LogP contribution in [0.2, 0.25) is 0 Å². The van der Waals surface area contributed by atoms with E-state index in [9.17, 15) is 8.42 Å². The molecule has 18 heavy (non-hydrogen) atoms. The Morgan fingerprint density at radius 2 is 2.28 bits per heavy atom. The lowest BCUT2D eigenvalue weighted by molar-refractivity contribution is 0.554. The first-order valence-corrected chi connectivity index (χ1v) is 7.91. The molecule has 2 heterocycles. The van der Waals surface area contributed by atoms with Crippen molar-refractivity contribution in [2.75, 3.05) is 6.54 Å². The lowest BCUT2D eigenvalue weighted by Crippen LogP contribution is -2.24. The van der Waals surface area contributed by atoms with Crippen LogP contribution in [0.4, 0.5) is 0 Å². The zero-order chi connectivity index (χ0) is 13.0. The van der Waals surface area contributed by atoms with Crippen molar-refractivity contribution in [2.24, 2.45) is 0 Å². The molecule has 2 rings (SSSR count). The molecule has 2 aromatic rings. The minimum Gasteiger partial charge on any atom is -0.273 e. The van der Waals surface area contributed by atoms with E-state index in [4.69, 9.17) is 0 Å². The monoisotopic (exact) mass is 285 g/mol. The molecule has 7 heteroatoms. The largest absolute Gasteiger partial charge is 0.273 e. The number of thiophene rings is 1. The van der Waals surface area contributed by atoms with Gasteiger partial charge in [-0.25, -0.2) is 13.1 Å². The second-order valence-corrected chi connectivity index (χ2v) is 7.17. The zero-order valence-corrected chi connectivity index (χ0v) is 11.7. The lowest BCUT2D eigenvalue weighted by Gasteiger charge is -2.04. The van der Waals surface area contributed by atoms with Crippen molar-refractivity contribution < 1.29 is 8.42 Å². The average Bonchev–Trinajstić information content (AvgIpc) is 2.95. The molecular formula is C11H15N3O2S2. The van der Waals surface area contributed by atoms with E-state index in [0.717, 1.165) is 4.88 Å². The molecule has 0 amide bonds. The molecule has 5 nitrogen and oxygen atoms in total. The quantitative estimate of drug-likeness (QED) is 0.820. The van der Waals surface area contributed by atoms with Gasteiger partial charge < -0.3 is 0 Å². The maximum absolute atomic E-state index is 11.9. The molecule has 0 bridgehead atoms. The van der Waals surface area contributed by atoms with Crippen LogP contribution in [0.15, 0.2) is 34.8 Å². The van der Waals surface area contributed by atoms with Crippen LogP contribution in [0, 0.1) is 6.92 Å². The van der Waals surface area contributed by atoms with Crippen molar-refractivity contribution in [2.45, 2.75) is 24.1 Å². The summed E-state index contributed by atoms with van der Waals surface area (Å²) >= 11 is 1.28. The van der Waals surface area contributed by atoms with Gasteiger partial charge in [-0.15, -0.1) is 11.3 Å². The van der Waals surface area contributed by atoms with Gasteiger partial charge in [0.2, 0.25) is 10.0 Å². The Morgan fingerprint density at radius 3 is 2.89 bits per heavy atom. The number of nitrogens with one attached hydrogen (secondary N) is 1. The topological polar surface area (TPSA) is 64.0 Å².